The van der Waals surface area contributed by atoms with Crippen LogP contribution in [0.15, 0.2) is 0 Å². The van der Waals surface area contributed by atoms with Crippen molar-refractivity contribution in [3.8, 4) is 0 Å². The minimum Gasteiger partial charge on any atom is -0.467 e. The fraction of sp³-hybridized carbons (Fsp3) is 0.889. The van der Waals surface area contributed by atoms with E-state index in [0.29, 0.717) is 4.48 Å². The van der Waals surface area contributed by atoms with E-state index in [1.807, 2.05) is 21.1 Å². The van der Waals surface area contributed by atoms with Crippen LogP contribution in [-0.4, -0.2) is 50.4 Å². The summed E-state index contributed by atoms with van der Waals surface area (Å²) >= 11 is 0. The highest BCUT2D eigenvalue weighted by Crippen LogP contribution is 2.48. The fourth-order valence-corrected chi connectivity index (χ4v) is 1.72. The van der Waals surface area contributed by atoms with E-state index in [1.165, 1.54) is 7.11 Å². The minimum absolute atomic E-state index is 0.475. The van der Waals surface area contributed by atoms with Crippen LogP contribution in [0.25, 0.3) is 0 Å². The summed E-state index contributed by atoms with van der Waals surface area (Å²) < 4.78 is 18.5. The maximum absolute atomic E-state index is 13.6. The first kappa shape index (κ1) is 10.4. The van der Waals surface area contributed by atoms with Crippen LogP contribution in [0, 0.1) is 0 Å². The van der Waals surface area contributed by atoms with Gasteiger partial charge in [-0.2, -0.15) is 0 Å². The molecule has 0 bridgehead atoms. The number of carbonyl (C=O) groups excluding carboxylic acids is 1. The van der Waals surface area contributed by atoms with Crippen molar-refractivity contribution in [3.05, 3.63) is 0 Å². The molecule has 0 heterocycles. The van der Waals surface area contributed by atoms with Crippen molar-refractivity contribution in [3.63, 3.8) is 0 Å². The van der Waals surface area contributed by atoms with Gasteiger partial charge in [-0.3, -0.25) is 0 Å². The van der Waals surface area contributed by atoms with Gasteiger partial charge in [0.25, 0.3) is 6.17 Å². The topological polar surface area (TPSA) is 26.3 Å². The van der Waals surface area contributed by atoms with Crippen LogP contribution in [0.4, 0.5) is 4.39 Å². The number of ether oxygens (including phenoxy) is 1. The zero-order valence-electron chi connectivity index (χ0n) is 8.63. The molecule has 0 saturated heterocycles. The van der Waals surface area contributed by atoms with Gasteiger partial charge in [-0.15, -0.1) is 0 Å². The van der Waals surface area contributed by atoms with Gasteiger partial charge >= 0.3 is 5.97 Å². The molecule has 3 nitrogen and oxygen atoms in total. The predicted molar refractivity (Wildman–Crippen MR) is 46.9 cm³/mol. The van der Waals surface area contributed by atoms with Crippen molar-refractivity contribution >= 4 is 5.97 Å². The maximum Gasteiger partial charge on any atom is 0.347 e. The van der Waals surface area contributed by atoms with E-state index in [4.69, 9.17) is 0 Å². The monoisotopic (exact) mass is 190 g/mol. The van der Waals surface area contributed by atoms with Gasteiger partial charge < -0.3 is 9.22 Å². The van der Waals surface area contributed by atoms with Crippen molar-refractivity contribution < 1.29 is 18.4 Å². The first-order valence-corrected chi connectivity index (χ1v) is 4.38. The average Bonchev–Trinajstić information content (AvgIpc) is 2.80. The molecule has 4 heteroatoms. The maximum atomic E-state index is 13.6. The Morgan fingerprint density at radius 2 is 1.92 bits per heavy atom. The van der Waals surface area contributed by atoms with Crippen molar-refractivity contribution in [1.29, 1.82) is 0 Å². The number of hydrogen-bond donors (Lipinski definition) is 0. The van der Waals surface area contributed by atoms with E-state index in [1.54, 1.807) is 0 Å². The molecule has 0 aromatic carbocycles. The summed E-state index contributed by atoms with van der Waals surface area (Å²) in [7, 11) is 6.94. The zero-order valence-corrected chi connectivity index (χ0v) is 8.63. The van der Waals surface area contributed by atoms with Gasteiger partial charge in [0.2, 0.25) is 0 Å². The molecule has 0 aromatic rings. The largest absolute Gasteiger partial charge is 0.467 e. The summed E-state index contributed by atoms with van der Waals surface area (Å²) in [6.07, 6.45) is 0.0250. The van der Waals surface area contributed by atoms with E-state index < -0.39 is 17.7 Å². The van der Waals surface area contributed by atoms with E-state index in [0.717, 1.165) is 12.8 Å². The first-order chi connectivity index (χ1) is 5.85. The van der Waals surface area contributed by atoms with Crippen LogP contribution >= 0.6 is 0 Å². The fourth-order valence-electron chi connectivity index (χ4n) is 1.72. The predicted octanol–water partition coefficient (Wildman–Crippen LogP) is 0.736. The van der Waals surface area contributed by atoms with Crippen LogP contribution in [0.2, 0.25) is 0 Å². The van der Waals surface area contributed by atoms with E-state index in [9.17, 15) is 9.18 Å². The number of methoxy groups -OCH3 is 1. The van der Waals surface area contributed by atoms with Gasteiger partial charge in [-0.25, -0.2) is 9.18 Å². The molecule has 0 N–H and O–H groups in total. The molecule has 76 valence electrons. The highest BCUT2D eigenvalue weighted by molar-refractivity contribution is 5.76. The molecule has 1 aliphatic carbocycles. The summed E-state index contributed by atoms with van der Waals surface area (Å²) in [5.74, 6) is -0.745. The number of rotatable bonds is 3. The van der Waals surface area contributed by atoms with Gasteiger partial charge in [0.1, 0.15) is 5.54 Å². The van der Waals surface area contributed by atoms with Crippen LogP contribution in [0.5, 0.6) is 0 Å². The lowest BCUT2D eigenvalue weighted by Gasteiger charge is -2.35. The molecule has 1 rings (SSSR count). The number of halogens is 1. The second-order valence-corrected chi connectivity index (χ2v) is 4.50. The molecule has 1 unspecified atom stereocenters. The molecular weight excluding hydrogens is 173 g/mol. The van der Waals surface area contributed by atoms with E-state index in [2.05, 4.69) is 4.74 Å². The molecule has 1 aliphatic rings. The van der Waals surface area contributed by atoms with Crippen LogP contribution in [0.3, 0.4) is 0 Å². The molecule has 0 amide bonds. The van der Waals surface area contributed by atoms with Crippen molar-refractivity contribution in [1.82, 2.24) is 0 Å². The second kappa shape index (κ2) is 2.94. The Morgan fingerprint density at radius 3 is 2.15 bits per heavy atom. The average molecular weight is 190 g/mol. The molecule has 0 aromatic heterocycles. The quantitative estimate of drug-likeness (QED) is 0.484. The van der Waals surface area contributed by atoms with Crippen LogP contribution in [0.1, 0.15) is 12.8 Å². The van der Waals surface area contributed by atoms with Gasteiger partial charge in [0, 0.05) is 12.8 Å². The zero-order chi connectivity index (χ0) is 10.3. The molecular formula is C9H17FNO2+. The van der Waals surface area contributed by atoms with Crippen molar-refractivity contribution in [2.45, 2.75) is 24.6 Å². The summed E-state index contributed by atoms with van der Waals surface area (Å²) in [5, 5.41) is 0. The Morgan fingerprint density at radius 1 is 1.46 bits per heavy atom. The summed E-state index contributed by atoms with van der Waals surface area (Å²) in [6, 6.07) is 0. The van der Waals surface area contributed by atoms with Crippen LogP contribution < -0.4 is 0 Å². The number of quaternary nitrogens is 1. The van der Waals surface area contributed by atoms with E-state index >= 15 is 0 Å². The third kappa shape index (κ3) is 1.55. The number of esters is 1. The van der Waals surface area contributed by atoms with Crippen molar-refractivity contribution in [2.24, 2.45) is 0 Å². The number of carbonyl (C=O) groups is 1. The first-order valence-electron chi connectivity index (χ1n) is 4.38. The smallest absolute Gasteiger partial charge is 0.347 e. The normalized spacial score (nSPS) is 22.2. The third-order valence-corrected chi connectivity index (χ3v) is 2.98. The van der Waals surface area contributed by atoms with Gasteiger partial charge in [0.05, 0.1) is 28.3 Å². The molecule has 1 saturated carbocycles. The Hall–Kier alpha value is -0.640. The Bertz CT molecular complexity index is 218. The third-order valence-electron chi connectivity index (χ3n) is 2.98. The lowest BCUT2D eigenvalue weighted by molar-refractivity contribution is -0.909. The second-order valence-electron chi connectivity index (χ2n) is 4.50. The lowest BCUT2D eigenvalue weighted by Crippen LogP contribution is -2.55. The van der Waals surface area contributed by atoms with Gasteiger partial charge in [-0.05, 0) is 0 Å². The summed E-state index contributed by atoms with van der Waals surface area (Å²) in [6.45, 7) is 0. The van der Waals surface area contributed by atoms with Gasteiger partial charge in [0.15, 0.2) is 0 Å². The lowest BCUT2D eigenvalue weighted by atomic mass is 10.1. The Labute approximate surface area is 78.1 Å². The van der Waals surface area contributed by atoms with Crippen LogP contribution in [-0.2, 0) is 9.53 Å². The highest BCUT2D eigenvalue weighted by atomic mass is 19.1. The Kier molecular flexibility index (Phi) is 2.36. The summed E-state index contributed by atoms with van der Waals surface area (Å²) in [5.41, 5.74) is -0.535. The van der Waals surface area contributed by atoms with Gasteiger partial charge in [-0.1, -0.05) is 0 Å². The molecule has 1 fully saturated rings. The Balaban J connectivity index is 2.77. The highest BCUT2D eigenvalue weighted by Gasteiger charge is 2.63. The molecule has 0 aliphatic heterocycles. The van der Waals surface area contributed by atoms with E-state index in [-0.39, 0.29) is 0 Å². The standard InChI is InChI=1S/C9H17FNO2/c1-11(2,3)9(5-6-9)7(10)8(12)13-4/h7H,5-6H2,1-4H3/q+1. The number of nitrogens with zero attached hydrogens (tertiary/aromatic N) is 1. The molecule has 1 atom stereocenters. The number of alkyl halides is 1. The van der Waals surface area contributed by atoms with Crippen molar-refractivity contribution in [2.75, 3.05) is 28.3 Å². The summed E-state index contributed by atoms with van der Waals surface area (Å²) in [4.78, 5) is 11.0. The SMILES string of the molecule is COC(=O)C(F)C1([N+](C)(C)C)CC1. The number of hydrogen-bond acceptors (Lipinski definition) is 2. The molecule has 0 spiro atoms. The molecule has 0 radical (unpaired) electrons. The molecule has 13 heavy (non-hydrogen) atoms. The minimum atomic E-state index is -1.49.